The zero-order chi connectivity index (χ0) is 19.7. The molecular formula is C21H29FN2O3. The minimum Gasteiger partial charge on any atom is -0.475 e. The molecule has 2 rings (SSSR count). The third kappa shape index (κ3) is 7.56. The normalized spacial score (nSPS) is 17.7. The molecule has 0 spiro atoms. The monoisotopic (exact) mass is 376 g/mol. The SMILES string of the molecule is CC(C)(C)OC(=O)C(Oc1cncc(C#CCCCCF)c1)[C@@H]1CCCN1. The number of pyridine rings is 1. The third-order valence-electron chi connectivity index (χ3n) is 4.00. The maximum absolute atomic E-state index is 12.6. The molecule has 1 aliphatic heterocycles. The van der Waals surface area contributed by atoms with Gasteiger partial charge in [-0.2, -0.15) is 0 Å². The van der Waals surface area contributed by atoms with E-state index in [2.05, 4.69) is 22.1 Å². The fourth-order valence-electron chi connectivity index (χ4n) is 2.79. The molecule has 0 bridgehead atoms. The van der Waals surface area contributed by atoms with Crippen LogP contribution in [0.4, 0.5) is 4.39 Å². The summed E-state index contributed by atoms with van der Waals surface area (Å²) in [5, 5.41) is 3.31. The second kappa shape index (κ2) is 10.3. The van der Waals surface area contributed by atoms with Crippen molar-refractivity contribution >= 4 is 5.97 Å². The van der Waals surface area contributed by atoms with E-state index in [0.717, 1.165) is 25.8 Å². The standard InChI is InChI=1S/C21H29FN2O3/c1-21(2,3)27-20(25)19(18-10-8-12-24-18)26-17-13-16(14-23-15-17)9-6-4-5-7-11-22/h13-15,18-19,24H,4-5,7-8,10-12H2,1-3H3/t18-,19?/m0/s1. The van der Waals surface area contributed by atoms with E-state index in [4.69, 9.17) is 9.47 Å². The highest BCUT2D eigenvalue weighted by atomic mass is 19.1. The minimum absolute atomic E-state index is 0.0877. The van der Waals surface area contributed by atoms with Crippen LogP contribution in [0.1, 0.15) is 58.4 Å². The Morgan fingerprint density at radius 1 is 1.41 bits per heavy atom. The first-order chi connectivity index (χ1) is 12.9. The number of halogens is 1. The fraction of sp³-hybridized carbons (Fsp3) is 0.619. The van der Waals surface area contributed by atoms with Crippen molar-refractivity contribution < 1.29 is 18.7 Å². The largest absolute Gasteiger partial charge is 0.475 e. The predicted molar refractivity (Wildman–Crippen MR) is 102 cm³/mol. The maximum atomic E-state index is 12.6. The van der Waals surface area contributed by atoms with Crippen LogP contribution in [0.15, 0.2) is 18.5 Å². The number of nitrogens with zero attached hydrogens (tertiary/aromatic N) is 1. The van der Waals surface area contributed by atoms with E-state index in [0.29, 0.717) is 24.2 Å². The van der Waals surface area contributed by atoms with Crippen LogP contribution in [0.3, 0.4) is 0 Å². The third-order valence-corrected chi connectivity index (χ3v) is 4.00. The van der Waals surface area contributed by atoms with Gasteiger partial charge in [0.15, 0.2) is 0 Å². The first-order valence-corrected chi connectivity index (χ1v) is 9.52. The molecule has 1 unspecified atom stereocenters. The molecule has 0 aromatic carbocycles. The summed E-state index contributed by atoms with van der Waals surface area (Å²) in [7, 11) is 0. The van der Waals surface area contributed by atoms with Crippen molar-refractivity contribution in [2.24, 2.45) is 0 Å². The van der Waals surface area contributed by atoms with E-state index in [-0.39, 0.29) is 18.7 Å². The number of hydrogen-bond donors (Lipinski definition) is 1. The molecule has 1 saturated heterocycles. The van der Waals surface area contributed by atoms with Gasteiger partial charge in [-0.3, -0.25) is 9.37 Å². The lowest BCUT2D eigenvalue weighted by Crippen LogP contribution is -2.47. The number of carbonyl (C=O) groups is 1. The van der Waals surface area contributed by atoms with Crippen molar-refractivity contribution in [1.29, 1.82) is 0 Å². The highest BCUT2D eigenvalue weighted by molar-refractivity contribution is 5.76. The fourth-order valence-corrected chi connectivity index (χ4v) is 2.79. The van der Waals surface area contributed by atoms with Gasteiger partial charge in [-0.25, -0.2) is 4.79 Å². The van der Waals surface area contributed by atoms with Gasteiger partial charge >= 0.3 is 5.97 Å². The van der Waals surface area contributed by atoms with Gasteiger partial charge in [-0.1, -0.05) is 11.8 Å². The second-order valence-corrected chi connectivity index (χ2v) is 7.63. The van der Waals surface area contributed by atoms with Crippen molar-refractivity contribution in [3.05, 3.63) is 24.0 Å². The van der Waals surface area contributed by atoms with Crippen molar-refractivity contribution in [2.45, 2.75) is 70.6 Å². The van der Waals surface area contributed by atoms with Gasteiger partial charge in [-0.15, -0.1) is 0 Å². The van der Waals surface area contributed by atoms with Crippen molar-refractivity contribution in [2.75, 3.05) is 13.2 Å². The lowest BCUT2D eigenvalue weighted by atomic mass is 10.1. The molecule has 148 valence electrons. The van der Waals surface area contributed by atoms with E-state index in [1.54, 1.807) is 18.5 Å². The molecule has 2 heterocycles. The summed E-state index contributed by atoms with van der Waals surface area (Å²) in [6.45, 7) is 6.06. The second-order valence-electron chi connectivity index (χ2n) is 7.63. The molecule has 0 aliphatic carbocycles. The van der Waals surface area contributed by atoms with E-state index in [1.165, 1.54) is 0 Å². The molecule has 0 amide bonds. The van der Waals surface area contributed by atoms with Crippen LogP contribution in [-0.2, 0) is 9.53 Å². The molecular weight excluding hydrogens is 347 g/mol. The summed E-state index contributed by atoms with van der Waals surface area (Å²) in [6, 6.07) is 1.68. The number of ether oxygens (including phenoxy) is 2. The number of esters is 1. The summed E-state index contributed by atoms with van der Waals surface area (Å²) in [4.78, 5) is 16.8. The van der Waals surface area contributed by atoms with Gasteiger partial charge in [0, 0.05) is 18.2 Å². The Morgan fingerprint density at radius 3 is 2.89 bits per heavy atom. The van der Waals surface area contributed by atoms with E-state index < -0.39 is 11.7 Å². The molecule has 1 aromatic heterocycles. The first kappa shape index (κ1) is 21.2. The van der Waals surface area contributed by atoms with Crippen molar-refractivity contribution in [1.82, 2.24) is 10.3 Å². The van der Waals surface area contributed by atoms with E-state index in [1.807, 2.05) is 20.8 Å². The summed E-state index contributed by atoms with van der Waals surface area (Å²) in [5.41, 5.74) is 0.123. The highest BCUT2D eigenvalue weighted by Gasteiger charge is 2.35. The van der Waals surface area contributed by atoms with Crippen LogP contribution >= 0.6 is 0 Å². The average Bonchev–Trinajstić information content (AvgIpc) is 3.12. The topological polar surface area (TPSA) is 60.5 Å². The molecule has 6 heteroatoms. The van der Waals surface area contributed by atoms with Gasteiger partial charge in [0.2, 0.25) is 6.10 Å². The number of carbonyl (C=O) groups excluding carboxylic acids is 1. The molecule has 27 heavy (non-hydrogen) atoms. The Labute approximate surface area is 161 Å². The predicted octanol–water partition coefficient (Wildman–Crippen LogP) is 3.41. The summed E-state index contributed by atoms with van der Waals surface area (Å²) in [6.07, 6.45) is 6.24. The maximum Gasteiger partial charge on any atom is 0.349 e. The molecule has 1 aliphatic rings. The molecule has 0 saturated carbocycles. The van der Waals surface area contributed by atoms with Crippen LogP contribution in [0, 0.1) is 11.8 Å². The van der Waals surface area contributed by atoms with Crippen LogP contribution in [-0.4, -0.2) is 41.9 Å². The van der Waals surface area contributed by atoms with Crippen LogP contribution < -0.4 is 10.1 Å². The summed E-state index contributed by atoms with van der Waals surface area (Å²) >= 11 is 0. The zero-order valence-corrected chi connectivity index (χ0v) is 16.4. The van der Waals surface area contributed by atoms with Gasteiger partial charge in [0.25, 0.3) is 0 Å². The van der Waals surface area contributed by atoms with Crippen LogP contribution in [0.2, 0.25) is 0 Å². The van der Waals surface area contributed by atoms with Crippen molar-refractivity contribution in [3.8, 4) is 17.6 Å². The Balaban J connectivity index is 2.07. The quantitative estimate of drug-likeness (QED) is 0.449. The van der Waals surface area contributed by atoms with Crippen LogP contribution in [0.5, 0.6) is 5.75 Å². The summed E-state index contributed by atoms with van der Waals surface area (Å²) in [5.74, 6) is 6.11. The Morgan fingerprint density at radius 2 is 2.22 bits per heavy atom. The Kier molecular flexibility index (Phi) is 8.05. The lowest BCUT2D eigenvalue weighted by molar-refractivity contribution is -0.164. The first-order valence-electron chi connectivity index (χ1n) is 9.52. The van der Waals surface area contributed by atoms with Gasteiger partial charge in [0.05, 0.1) is 18.9 Å². The van der Waals surface area contributed by atoms with E-state index in [9.17, 15) is 9.18 Å². The molecule has 5 nitrogen and oxygen atoms in total. The minimum atomic E-state index is -0.735. The van der Waals surface area contributed by atoms with E-state index >= 15 is 0 Å². The molecule has 1 fully saturated rings. The number of alkyl halides is 1. The highest BCUT2D eigenvalue weighted by Crippen LogP contribution is 2.21. The smallest absolute Gasteiger partial charge is 0.349 e. The van der Waals surface area contributed by atoms with Crippen LogP contribution in [0.25, 0.3) is 0 Å². The van der Waals surface area contributed by atoms with Crippen molar-refractivity contribution in [3.63, 3.8) is 0 Å². The Hall–Kier alpha value is -2.13. The van der Waals surface area contributed by atoms with Gasteiger partial charge in [0.1, 0.15) is 11.4 Å². The van der Waals surface area contributed by atoms with Gasteiger partial charge < -0.3 is 14.8 Å². The lowest BCUT2D eigenvalue weighted by Gasteiger charge is -2.27. The van der Waals surface area contributed by atoms with Gasteiger partial charge in [-0.05, 0) is 59.1 Å². The number of nitrogens with one attached hydrogen (secondary N) is 1. The number of hydrogen-bond acceptors (Lipinski definition) is 5. The molecule has 1 aromatic rings. The molecule has 2 atom stereocenters. The average molecular weight is 376 g/mol. The number of aromatic nitrogens is 1. The molecule has 0 radical (unpaired) electrons. The molecule has 1 N–H and O–H groups in total. The number of rotatable bonds is 7. The Bertz CT molecular complexity index is 670. The number of unbranched alkanes of at least 4 members (excludes halogenated alkanes) is 2. The zero-order valence-electron chi connectivity index (χ0n) is 16.4. The summed E-state index contributed by atoms with van der Waals surface area (Å²) < 4.78 is 23.6.